The number of nitrogens with one attached hydrogen (secondary N) is 2. The molecule has 0 spiro atoms. The van der Waals surface area contributed by atoms with Crippen LogP contribution in [0.25, 0.3) is 17.2 Å². The topological polar surface area (TPSA) is 119 Å². The van der Waals surface area contributed by atoms with Gasteiger partial charge in [-0.3, -0.25) is 23.9 Å². The highest BCUT2D eigenvalue weighted by Crippen LogP contribution is 2.25. The number of hydrogen-bond acceptors (Lipinski definition) is 6. The van der Waals surface area contributed by atoms with E-state index < -0.39 is 11.9 Å². The van der Waals surface area contributed by atoms with Crippen LogP contribution in [0.1, 0.15) is 35.7 Å². The van der Waals surface area contributed by atoms with E-state index >= 15 is 0 Å². The summed E-state index contributed by atoms with van der Waals surface area (Å²) in [5.41, 5.74) is 1.94. The van der Waals surface area contributed by atoms with Gasteiger partial charge in [0.25, 0.3) is 11.5 Å². The number of H-pyrrole nitrogens is 1. The molecule has 1 amide bonds. The van der Waals surface area contributed by atoms with Gasteiger partial charge in [-0.1, -0.05) is 26.0 Å². The minimum Gasteiger partial charge on any atom is -0.468 e. The lowest BCUT2D eigenvalue weighted by atomic mass is 9.97. The second kappa shape index (κ2) is 8.51. The van der Waals surface area contributed by atoms with E-state index in [4.69, 9.17) is 0 Å². The van der Waals surface area contributed by atoms with Crippen LogP contribution >= 0.6 is 0 Å². The molecule has 0 saturated heterocycles. The van der Waals surface area contributed by atoms with Gasteiger partial charge < -0.3 is 10.1 Å². The molecule has 150 valence electrons. The standard InChI is InChI=1S/C20H21N5O4/c1-12(2)16-17(23-20(24-19(16)28)25-9-8-21-11-25)13-4-6-14(7-5-13)18(27)22-10-15(26)29-3/h4-9,11-12H,10H2,1-3H3,(H,22,27)(H,23,24,28). The molecule has 0 bridgehead atoms. The Hall–Kier alpha value is -3.75. The van der Waals surface area contributed by atoms with E-state index in [1.54, 1.807) is 47.6 Å². The van der Waals surface area contributed by atoms with Crippen molar-refractivity contribution in [3.63, 3.8) is 0 Å². The molecule has 0 aliphatic rings. The fourth-order valence-electron chi connectivity index (χ4n) is 2.84. The summed E-state index contributed by atoms with van der Waals surface area (Å²) in [6.45, 7) is 3.63. The second-order valence-electron chi connectivity index (χ2n) is 6.61. The number of amides is 1. The molecular formula is C20H21N5O4. The quantitative estimate of drug-likeness (QED) is 0.613. The molecule has 1 aromatic carbocycles. The molecule has 9 nitrogen and oxygen atoms in total. The predicted molar refractivity (Wildman–Crippen MR) is 106 cm³/mol. The van der Waals surface area contributed by atoms with Gasteiger partial charge in [0, 0.05) is 29.1 Å². The minimum atomic E-state index is -0.531. The van der Waals surface area contributed by atoms with Gasteiger partial charge in [-0.25, -0.2) is 9.97 Å². The fourth-order valence-corrected chi connectivity index (χ4v) is 2.84. The fraction of sp³-hybridized carbons (Fsp3) is 0.250. The van der Waals surface area contributed by atoms with Crippen molar-refractivity contribution in [2.24, 2.45) is 0 Å². The zero-order chi connectivity index (χ0) is 21.0. The number of imidazole rings is 1. The molecule has 29 heavy (non-hydrogen) atoms. The number of carbonyl (C=O) groups excluding carboxylic acids is 2. The van der Waals surface area contributed by atoms with Crippen LogP contribution in [0.3, 0.4) is 0 Å². The van der Waals surface area contributed by atoms with Gasteiger partial charge in [-0.05, 0) is 18.1 Å². The van der Waals surface area contributed by atoms with Crippen LogP contribution in [0.2, 0.25) is 0 Å². The van der Waals surface area contributed by atoms with Crippen LogP contribution in [0, 0.1) is 0 Å². The molecule has 3 aromatic rings. The highest BCUT2D eigenvalue weighted by molar-refractivity contribution is 5.96. The summed E-state index contributed by atoms with van der Waals surface area (Å²) >= 11 is 0. The van der Waals surface area contributed by atoms with E-state index in [2.05, 4.69) is 25.0 Å². The van der Waals surface area contributed by atoms with Gasteiger partial charge >= 0.3 is 5.97 Å². The Morgan fingerprint density at radius 2 is 1.97 bits per heavy atom. The summed E-state index contributed by atoms with van der Waals surface area (Å²) in [5, 5.41) is 2.48. The molecule has 3 rings (SSSR count). The Balaban J connectivity index is 1.96. The van der Waals surface area contributed by atoms with Crippen molar-refractivity contribution in [2.45, 2.75) is 19.8 Å². The number of methoxy groups -OCH3 is 1. The molecule has 0 fully saturated rings. The van der Waals surface area contributed by atoms with Gasteiger partial charge in [-0.15, -0.1) is 0 Å². The van der Waals surface area contributed by atoms with Gasteiger partial charge in [0.2, 0.25) is 5.95 Å². The van der Waals surface area contributed by atoms with Crippen LogP contribution in [0.5, 0.6) is 0 Å². The van der Waals surface area contributed by atoms with Crippen molar-refractivity contribution < 1.29 is 14.3 Å². The average molecular weight is 395 g/mol. The number of aromatic amines is 1. The first-order valence-electron chi connectivity index (χ1n) is 8.98. The number of aromatic nitrogens is 4. The summed E-state index contributed by atoms with van der Waals surface area (Å²) in [6.07, 6.45) is 4.83. The predicted octanol–water partition coefficient (Wildman–Crippen LogP) is 1.65. The number of hydrogen-bond donors (Lipinski definition) is 2. The monoisotopic (exact) mass is 395 g/mol. The van der Waals surface area contributed by atoms with E-state index in [-0.39, 0.29) is 18.0 Å². The molecule has 2 aromatic heterocycles. The third kappa shape index (κ3) is 4.40. The first-order valence-corrected chi connectivity index (χ1v) is 8.98. The molecule has 0 unspecified atom stereocenters. The first kappa shape index (κ1) is 20.0. The van der Waals surface area contributed by atoms with Crippen LogP contribution in [0.15, 0.2) is 47.8 Å². The zero-order valence-corrected chi connectivity index (χ0v) is 16.3. The normalized spacial score (nSPS) is 10.8. The first-order chi connectivity index (χ1) is 13.9. The lowest BCUT2D eigenvalue weighted by Crippen LogP contribution is -2.30. The Kier molecular flexibility index (Phi) is 5.87. The lowest BCUT2D eigenvalue weighted by Gasteiger charge is -2.13. The third-order valence-corrected chi connectivity index (χ3v) is 4.31. The number of nitrogens with zero attached hydrogens (tertiary/aromatic N) is 3. The lowest BCUT2D eigenvalue weighted by molar-refractivity contribution is -0.139. The van der Waals surface area contributed by atoms with E-state index in [9.17, 15) is 14.4 Å². The number of benzene rings is 1. The van der Waals surface area contributed by atoms with E-state index in [0.717, 1.165) is 0 Å². The molecule has 0 saturated carbocycles. The summed E-state index contributed by atoms with van der Waals surface area (Å²) < 4.78 is 6.12. The Morgan fingerprint density at radius 3 is 2.55 bits per heavy atom. The van der Waals surface area contributed by atoms with Gasteiger partial charge in [0.1, 0.15) is 12.9 Å². The maximum absolute atomic E-state index is 12.7. The molecule has 0 aliphatic carbocycles. The van der Waals surface area contributed by atoms with E-state index in [1.165, 1.54) is 7.11 Å². The van der Waals surface area contributed by atoms with Crippen LogP contribution in [-0.4, -0.2) is 45.1 Å². The Bertz CT molecular complexity index is 1070. The molecule has 2 heterocycles. The number of esters is 1. The Labute approximate surface area is 166 Å². The van der Waals surface area contributed by atoms with Crippen LogP contribution in [-0.2, 0) is 9.53 Å². The van der Waals surface area contributed by atoms with E-state index in [1.807, 2.05) is 13.8 Å². The molecule has 9 heteroatoms. The highest BCUT2D eigenvalue weighted by atomic mass is 16.5. The second-order valence-corrected chi connectivity index (χ2v) is 6.61. The van der Waals surface area contributed by atoms with Crippen LogP contribution in [0.4, 0.5) is 0 Å². The summed E-state index contributed by atoms with van der Waals surface area (Å²) in [4.78, 5) is 47.4. The third-order valence-electron chi connectivity index (χ3n) is 4.31. The Morgan fingerprint density at radius 1 is 1.24 bits per heavy atom. The van der Waals surface area contributed by atoms with E-state index in [0.29, 0.717) is 28.3 Å². The maximum Gasteiger partial charge on any atom is 0.325 e. The average Bonchev–Trinajstić information content (AvgIpc) is 3.25. The number of ether oxygens (including phenoxy) is 1. The molecule has 2 N–H and O–H groups in total. The summed E-state index contributed by atoms with van der Waals surface area (Å²) in [6, 6.07) is 6.68. The van der Waals surface area contributed by atoms with Gasteiger partial charge in [-0.2, -0.15) is 0 Å². The molecule has 0 atom stereocenters. The largest absolute Gasteiger partial charge is 0.468 e. The van der Waals surface area contributed by atoms with Crippen molar-refractivity contribution in [3.8, 4) is 17.2 Å². The zero-order valence-electron chi connectivity index (χ0n) is 16.3. The van der Waals surface area contributed by atoms with Crippen molar-refractivity contribution >= 4 is 11.9 Å². The molecule has 0 aliphatic heterocycles. The number of carbonyl (C=O) groups is 2. The maximum atomic E-state index is 12.7. The van der Waals surface area contributed by atoms with Crippen molar-refractivity contribution in [1.29, 1.82) is 0 Å². The minimum absolute atomic E-state index is 0.0545. The van der Waals surface area contributed by atoms with Crippen molar-refractivity contribution in [2.75, 3.05) is 13.7 Å². The van der Waals surface area contributed by atoms with Crippen molar-refractivity contribution in [1.82, 2.24) is 24.8 Å². The van der Waals surface area contributed by atoms with Crippen molar-refractivity contribution in [3.05, 3.63) is 64.5 Å². The van der Waals surface area contributed by atoms with Gasteiger partial charge in [0.05, 0.1) is 12.8 Å². The highest BCUT2D eigenvalue weighted by Gasteiger charge is 2.18. The SMILES string of the molecule is COC(=O)CNC(=O)c1ccc(-c2nc(-n3ccnc3)[nH]c(=O)c2C(C)C)cc1. The summed E-state index contributed by atoms with van der Waals surface area (Å²) in [5.74, 6) is -0.631. The number of rotatable bonds is 6. The summed E-state index contributed by atoms with van der Waals surface area (Å²) in [7, 11) is 1.25. The van der Waals surface area contributed by atoms with Crippen LogP contribution < -0.4 is 10.9 Å². The smallest absolute Gasteiger partial charge is 0.325 e. The molecular weight excluding hydrogens is 374 g/mol. The molecule has 0 radical (unpaired) electrons. The van der Waals surface area contributed by atoms with Gasteiger partial charge in [0.15, 0.2) is 0 Å².